The predicted molar refractivity (Wildman–Crippen MR) is 75.3 cm³/mol. The summed E-state index contributed by atoms with van der Waals surface area (Å²) in [6.07, 6.45) is 3.69. The van der Waals surface area contributed by atoms with Crippen LogP contribution in [0.5, 0.6) is 0 Å². The molecule has 4 nitrogen and oxygen atoms in total. The molecule has 1 unspecified atom stereocenters. The van der Waals surface area contributed by atoms with Crippen LogP contribution in [0, 0.1) is 0 Å². The van der Waals surface area contributed by atoms with Gasteiger partial charge in [-0.25, -0.2) is 4.98 Å². The topological polar surface area (TPSA) is 55.1 Å². The standard InChI is InChI=1S/C14H16N2O2S/c1-10(13(17)18)12-5-3-11(4-6-12)9-19-14-15-7-8-16(14)2/h3-8,10H,9H2,1-2H3,(H,17,18). The zero-order valence-corrected chi connectivity index (χ0v) is 11.7. The summed E-state index contributed by atoms with van der Waals surface area (Å²) < 4.78 is 1.98. The van der Waals surface area contributed by atoms with Gasteiger partial charge in [-0.1, -0.05) is 36.0 Å². The molecule has 0 aliphatic rings. The number of carbonyl (C=O) groups is 1. The number of aromatic nitrogens is 2. The maximum atomic E-state index is 10.9. The molecular formula is C14H16N2O2S. The number of hydrogen-bond donors (Lipinski definition) is 1. The number of benzene rings is 1. The van der Waals surface area contributed by atoms with E-state index in [9.17, 15) is 4.79 Å². The minimum absolute atomic E-state index is 0.462. The third-order valence-corrected chi connectivity index (χ3v) is 4.12. The van der Waals surface area contributed by atoms with Crippen LogP contribution < -0.4 is 0 Å². The molecule has 1 atom stereocenters. The van der Waals surface area contributed by atoms with Gasteiger partial charge in [0, 0.05) is 25.2 Å². The van der Waals surface area contributed by atoms with Crippen molar-refractivity contribution in [1.82, 2.24) is 9.55 Å². The predicted octanol–water partition coefficient (Wildman–Crippen LogP) is 2.90. The van der Waals surface area contributed by atoms with E-state index >= 15 is 0 Å². The molecule has 2 rings (SSSR count). The minimum atomic E-state index is -0.796. The SMILES string of the molecule is CC(C(=O)O)c1ccc(CSc2nccn2C)cc1. The summed E-state index contributed by atoms with van der Waals surface area (Å²) in [6, 6.07) is 7.72. The number of carboxylic acid groups (broad SMARTS) is 1. The molecule has 0 aliphatic heterocycles. The number of aryl methyl sites for hydroxylation is 1. The average molecular weight is 276 g/mol. The van der Waals surface area contributed by atoms with Crippen molar-refractivity contribution in [1.29, 1.82) is 0 Å². The van der Waals surface area contributed by atoms with Crippen molar-refractivity contribution in [3.63, 3.8) is 0 Å². The van der Waals surface area contributed by atoms with Gasteiger partial charge in [0.15, 0.2) is 5.16 Å². The number of imidazole rings is 1. The maximum Gasteiger partial charge on any atom is 0.310 e. The number of aliphatic carboxylic acids is 1. The van der Waals surface area contributed by atoms with Gasteiger partial charge in [-0.05, 0) is 18.1 Å². The highest BCUT2D eigenvalue weighted by atomic mass is 32.2. The van der Waals surface area contributed by atoms with Gasteiger partial charge in [0.1, 0.15) is 0 Å². The fourth-order valence-corrected chi connectivity index (χ4v) is 2.57. The van der Waals surface area contributed by atoms with Crippen LogP contribution in [0.2, 0.25) is 0 Å². The summed E-state index contributed by atoms with van der Waals surface area (Å²) in [6.45, 7) is 1.69. The lowest BCUT2D eigenvalue weighted by atomic mass is 10.0. The van der Waals surface area contributed by atoms with E-state index in [1.54, 1.807) is 24.9 Å². The third kappa shape index (κ3) is 3.38. The molecule has 5 heteroatoms. The fraction of sp³-hybridized carbons (Fsp3) is 0.286. The van der Waals surface area contributed by atoms with Gasteiger partial charge in [0.2, 0.25) is 0 Å². The zero-order chi connectivity index (χ0) is 13.8. The first-order valence-corrected chi connectivity index (χ1v) is 6.98. The highest BCUT2D eigenvalue weighted by Crippen LogP contribution is 2.22. The van der Waals surface area contributed by atoms with Gasteiger partial charge >= 0.3 is 5.97 Å². The quantitative estimate of drug-likeness (QED) is 0.853. The smallest absolute Gasteiger partial charge is 0.310 e. The Hall–Kier alpha value is -1.75. The Bertz CT molecular complexity index is 563. The van der Waals surface area contributed by atoms with Crippen LogP contribution in [-0.2, 0) is 17.6 Å². The zero-order valence-electron chi connectivity index (χ0n) is 10.9. The van der Waals surface area contributed by atoms with E-state index in [4.69, 9.17) is 5.11 Å². The summed E-state index contributed by atoms with van der Waals surface area (Å²) in [5.74, 6) is -0.432. The number of hydrogen-bond acceptors (Lipinski definition) is 3. The molecule has 100 valence electrons. The monoisotopic (exact) mass is 276 g/mol. The second-order valence-corrected chi connectivity index (χ2v) is 5.35. The molecule has 19 heavy (non-hydrogen) atoms. The molecule has 0 bridgehead atoms. The van der Waals surface area contributed by atoms with Crippen LogP contribution >= 0.6 is 11.8 Å². The van der Waals surface area contributed by atoms with Gasteiger partial charge in [-0.2, -0.15) is 0 Å². The first kappa shape index (κ1) is 13.7. The molecule has 0 saturated heterocycles. The van der Waals surface area contributed by atoms with E-state index < -0.39 is 11.9 Å². The highest BCUT2D eigenvalue weighted by molar-refractivity contribution is 7.98. The summed E-state index contributed by atoms with van der Waals surface area (Å²) in [4.78, 5) is 15.1. The third-order valence-electron chi connectivity index (χ3n) is 3.00. The molecule has 0 amide bonds. The molecular weight excluding hydrogens is 260 g/mol. The second-order valence-electron chi connectivity index (χ2n) is 4.41. The normalized spacial score (nSPS) is 12.3. The molecule has 0 radical (unpaired) electrons. The molecule has 0 fully saturated rings. The van der Waals surface area contributed by atoms with Crippen molar-refractivity contribution in [2.75, 3.05) is 0 Å². The van der Waals surface area contributed by atoms with Gasteiger partial charge in [-0.3, -0.25) is 4.79 Å². The highest BCUT2D eigenvalue weighted by Gasteiger charge is 2.13. The summed E-state index contributed by atoms with van der Waals surface area (Å²) in [5, 5.41) is 9.92. The van der Waals surface area contributed by atoms with Crippen LogP contribution in [-0.4, -0.2) is 20.6 Å². The molecule has 0 saturated carbocycles. The molecule has 1 heterocycles. The van der Waals surface area contributed by atoms with E-state index in [0.717, 1.165) is 22.0 Å². The second kappa shape index (κ2) is 5.93. The largest absolute Gasteiger partial charge is 0.481 e. The van der Waals surface area contributed by atoms with Crippen LogP contribution in [0.15, 0.2) is 41.8 Å². The molecule has 0 aliphatic carbocycles. The van der Waals surface area contributed by atoms with E-state index in [1.165, 1.54) is 0 Å². The van der Waals surface area contributed by atoms with Crippen molar-refractivity contribution in [3.8, 4) is 0 Å². The van der Waals surface area contributed by atoms with Crippen LogP contribution in [0.25, 0.3) is 0 Å². The molecule has 0 spiro atoms. The van der Waals surface area contributed by atoms with Crippen LogP contribution in [0.1, 0.15) is 24.0 Å². The van der Waals surface area contributed by atoms with E-state index in [1.807, 2.05) is 42.1 Å². The van der Waals surface area contributed by atoms with Crippen LogP contribution in [0.4, 0.5) is 0 Å². The first-order valence-electron chi connectivity index (χ1n) is 5.99. The Morgan fingerprint density at radius 1 is 1.42 bits per heavy atom. The Balaban J connectivity index is 1.99. The first-order chi connectivity index (χ1) is 9.08. The fourth-order valence-electron chi connectivity index (χ4n) is 1.68. The van der Waals surface area contributed by atoms with Gasteiger partial charge in [0.25, 0.3) is 0 Å². The van der Waals surface area contributed by atoms with Crippen molar-refractivity contribution in [2.45, 2.75) is 23.8 Å². The Morgan fingerprint density at radius 2 is 2.11 bits per heavy atom. The summed E-state index contributed by atoms with van der Waals surface area (Å²) in [7, 11) is 1.97. The summed E-state index contributed by atoms with van der Waals surface area (Å²) in [5.41, 5.74) is 1.99. The molecule has 1 N–H and O–H groups in total. The van der Waals surface area contributed by atoms with E-state index in [-0.39, 0.29) is 0 Å². The lowest BCUT2D eigenvalue weighted by Crippen LogP contribution is -2.07. The van der Waals surface area contributed by atoms with Crippen molar-refractivity contribution in [3.05, 3.63) is 47.8 Å². The Labute approximate surface area is 116 Å². The lowest BCUT2D eigenvalue weighted by Gasteiger charge is -2.07. The minimum Gasteiger partial charge on any atom is -0.481 e. The average Bonchev–Trinajstić information content (AvgIpc) is 2.81. The Morgan fingerprint density at radius 3 is 2.63 bits per heavy atom. The molecule has 1 aromatic heterocycles. The lowest BCUT2D eigenvalue weighted by molar-refractivity contribution is -0.138. The summed E-state index contributed by atoms with van der Waals surface area (Å²) >= 11 is 1.66. The van der Waals surface area contributed by atoms with Crippen LogP contribution in [0.3, 0.4) is 0 Å². The van der Waals surface area contributed by atoms with Crippen molar-refractivity contribution < 1.29 is 9.90 Å². The Kier molecular flexibility index (Phi) is 4.27. The molecule has 1 aromatic carbocycles. The van der Waals surface area contributed by atoms with Gasteiger partial charge in [0.05, 0.1) is 5.92 Å². The number of nitrogens with zero attached hydrogens (tertiary/aromatic N) is 2. The number of rotatable bonds is 5. The van der Waals surface area contributed by atoms with Crippen molar-refractivity contribution >= 4 is 17.7 Å². The maximum absolute atomic E-state index is 10.9. The number of carboxylic acids is 1. The van der Waals surface area contributed by atoms with E-state index in [0.29, 0.717) is 0 Å². The van der Waals surface area contributed by atoms with Gasteiger partial charge in [-0.15, -0.1) is 0 Å². The number of thioether (sulfide) groups is 1. The molecule has 2 aromatic rings. The van der Waals surface area contributed by atoms with Crippen molar-refractivity contribution in [2.24, 2.45) is 7.05 Å². The van der Waals surface area contributed by atoms with Gasteiger partial charge < -0.3 is 9.67 Å². The van der Waals surface area contributed by atoms with E-state index in [2.05, 4.69) is 4.98 Å².